The van der Waals surface area contributed by atoms with Gasteiger partial charge in [-0.15, -0.1) is 0 Å². The number of aliphatic imine (C=N–C) groups is 1. The van der Waals surface area contributed by atoms with Gasteiger partial charge in [0.2, 0.25) is 0 Å². The fourth-order valence-electron chi connectivity index (χ4n) is 4.19. The van der Waals surface area contributed by atoms with Crippen LogP contribution in [0.2, 0.25) is 0 Å². The Balaban J connectivity index is 1.73. The fourth-order valence-corrected chi connectivity index (χ4v) is 5.35. The lowest BCUT2D eigenvalue weighted by atomic mass is 9.74. The summed E-state index contributed by atoms with van der Waals surface area (Å²) in [5.41, 5.74) is -0.992. The number of carbonyl (C=O) groups is 2. The van der Waals surface area contributed by atoms with Crippen molar-refractivity contribution in [2.24, 2.45) is 10.9 Å². The summed E-state index contributed by atoms with van der Waals surface area (Å²) in [5.74, 6) is -2.15. The number of fused-ring (bicyclic) bond motifs is 1. The first-order valence-corrected chi connectivity index (χ1v) is 11.5. The van der Waals surface area contributed by atoms with Gasteiger partial charge in [0, 0.05) is 41.0 Å². The standard InChI is InChI=1S/C23H22F3N3O4S/c24-9-16-7-15-11-34-21(28-20(30)13-4-2-1-3-5-13)29-23(15,12-33-16)17-6-14(10-27-22(31)32)18(25)8-19(17)26/h1-6,8,15-16,27H,7,9-12H2,(H,31,32)(H,28,29,30)/t15-,16+,23?/m0/s1. The molecule has 0 aliphatic carbocycles. The van der Waals surface area contributed by atoms with Gasteiger partial charge in [-0.25, -0.2) is 23.0 Å². The number of thioether (sulfide) groups is 1. The molecule has 7 nitrogen and oxygen atoms in total. The number of amides is 2. The second-order valence-corrected chi connectivity index (χ2v) is 9.08. The van der Waals surface area contributed by atoms with E-state index in [4.69, 9.17) is 9.84 Å². The van der Waals surface area contributed by atoms with Crippen molar-refractivity contribution in [3.63, 3.8) is 0 Å². The van der Waals surface area contributed by atoms with Crippen LogP contribution in [-0.4, -0.2) is 47.4 Å². The molecule has 2 amide bonds. The van der Waals surface area contributed by atoms with Crippen molar-refractivity contribution in [3.8, 4) is 0 Å². The summed E-state index contributed by atoms with van der Waals surface area (Å²) in [6.45, 7) is -1.26. The van der Waals surface area contributed by atoms with Crippen LogP contribution in [0.25, 0.3) is 0 Å². The molecule has 2 aromatic carbocycles. The molecule has 0 saturated carbocycles. The number of halogens is 3. The summed E-state index contributed by atoms with van der Waals surface area (Å²) < 4.78 is 48.5. The van der Waals surface area contributed by atoms with Crippen LogP contribution in [0.5, 0.6) is 0 Å². The molecule has 11 heteroatoms. The highest BCUT2D eigenvalue weighted by Crippen LogP contribution is 2.47. The van der Waals surface area contributed by atoms with Crippen molar-refractivity contribution in [3.05, 3.63) is 70.8 Å². The highest BCUT2D eigenvalue weighted by atomic mass is 32.2. The molecule has 3 atom stereocenters. The van der Waals surface area contributed by atoms with Crippen molar-refractivity contribution in [2.45, 2.75) is 24.6 Å². The molecular formula is C23H22F3N3O4S. The van der Waals surface area contributed by atoms with E-state index in [-0.39, 0.29) is 41.8 Å². The first-order chi connectivity index (χ1) is 16.3. The zero-order chi connectivity index (χ0) is 24.3. The van der Waals surface area contributed by atoms with Gasteiger partial charge in [0.15, 0.2) is 5.17 Å². The smallest absolute Gasteiger partial charge is 0.404 e. The summed E-state index contributed by atoms with van der Waals surface area (Å²) >= 11 is 1.26. The number of alkyl halides is 1. The Morgan fingerprint density at radius 1 is 1.21 bits per heavy atom. The van der Waals surface area contributed by atoms with Crippen LogP contribution in [0.1, 0.15) is 27.9 Å². The molecule has 34 heavy (non-hydrogen) atoms. The van der Waals surface area contributed by atoms with Gasteiger partial charge in [0.05, 0.1) is 12.7 Å². The Bertz CT molecular complexity index is 1120. The van der Waals surface area contributed by atoms with Gasteiger partial charge in [-0.1, -0.05) is 30.0 Å². The normalized spacial score (nSPS) is 24.0. The number of carboxylic acid groups (broad SMARTS) is 1. The highest BCUT2D eigenvalue weighted by Gasteiger charge is 2.50. The predicted molar refractivity (Wildman–Crippen MR) is 121 cm³/mol. The van der Waals surface area contributed by atoms with E-state index in [1.54, 1.807) is 30.3 Å². The van der Waals surface area contributed by atoms with Gasteiger partial charge in [-0.05, 0) is 24.6 Å². The molecular weight excluding hydrogens is 471 g/mol. The molecule has 2 heterocycles. The minimum absolute atomic E-state index is 0.00478. The number of carbonyl (C=O) groups excluding carboxylic acids is 1. The number of hydrogen-bond acceptors (Lipinski definition) is 5. The van der Waals surface area contributed by atoms with Crippen LogP contribution in [0.4, 0.5) is 18.0 Å². The summed E-state index contributed by atoms with van der Waals surface area (Å²) in [5, 5.41) is 13.9. The maximum atomic E-state index is 15.1. The van der Waals surface area contributed by atoms with E-state index in [1.165, 1.54) is 17.8 Å². The van der Waals surface area contributed by atoms with Crippen LogP contribution < -0.4 is 10.6 Å². The van der Waals surface area contributed by atoms with E-state index in [0.29, 0.717) is 17.4 Å². The van der Waals surface area contributed by atoms with Crippen LogP contribution in [0.15, 0.2) is 47.5 Å². The van der Waals surface area contributed by atoms with E-state index in [0.717, 1.165) is 0 Å². The van der Waals surface area contributed by atoms with Gasteiger partial charge in [-0.2, -0.15) is 0 Å². The minimum atomic E-state index is -1.36. The number of amidine groups is 1. The van der Waals surface area contributed by atoms with Crippen molar-refractivity contribution in [1.82, 2.24) is 10.6 Å². The summed E-state index contributed by atoms with van der Waals surface area (Å²) in [4.78, 5) is 28.2. The Hall–Kier alpha value is -3.05. The van der Waals surface area contributed by atoms with Crippen LogP contribution in [-0.2, 0) is 16.8 Å². The predicted octanol–water partition coefficient (Wildman–Crippen LogP) is 3.84. The van der Waals surface area contributed by atoms with Gasteiger partial charge in [-0.3, -0.25) is 4.79 Å². The average molecular weight is 494 g/mol. The van der Waals surface area contributed by atoms with Gasteiger partial charge in [0.1, 0.15) is 23.8 Å². The Morgan fingerprint density at radius 3 is 2.68 bits per heavy atom. The SMILES string of the molecule is O=C(O)NCc1cc(C23CO[C@@H](CF)C[C@H]2CSC(NC(=O)c2ccccc2)=N3)c(F)cc1F. The lowest BCUT2D eigenvalue weighted by Gasteiger charge is -2.46. The molecule has 0 bridgehead atoms. The highest BCUT2D eigenvalue weighted by molar-refractivity contribution is 8.13. The third-order valence-electron chi connectivity index (χ3n) is 5.95. The fraction of sp³-hybridized carbons (Fsp3) is 0.348. The minimum Gasteiger partial charge on any atom is -0.465 e. The molecule has 4 rings (SSSR count). The number of benzene rings is 2. The first kappa shape index (κ1) is 24.1. The van der Waals surface area contributed by atoms with Gasteiger partial charge < -0.3 is 20.5 Å². The number of nitrogens with zero attached hydrogens (tertiary/aromatic N) is 1. The molecule has 3 N–H and O–H groups in total. The van der Waals surface area contributed by atoms with E-state index in [1.807, 2.05) is 0 Å². The zero-order valence-electron chi connectivity index (χ0n) is 17.9. The Morgan fingerprint density at radius 2 is 1.97 bits per heavy atom. The van der Waals surface area contributed by atoms with Crippen LogP contribution in [0, 0.1) is 17.6 Å². The largest absolute Gasteiger partial charge is 0.465 e. The molecule has 2 aliphatic heterocycles. The molecule has 0 aromatic heterocycles. The van der Waals surface area contributed by atoms with Crippen molar-refractivity contribution in [2.75, 3.05) is 19.0 Å². The second kappa shape index (κ2) is 10.1. The average Bonchev–Trinajstić information content (AvgIpc) is 2.83. The second-order valence-electron chi connectivity index (χ2n) is 8.07. The monoisotopic (exact) mass is 493 g/mol. The molecule has 0 spiro atoms. The van der Waals surface area contributed by atoms with Crippen molar-refractivity contribution in [1.29, 1.82) is 0 Å². The van der Waals surface area contributed by atoms with Crippen molar-refractivity contribution < 1.29 is 32.6 Å². The summed E-state index contributed by atoms with van der Waals surface area (Å²) in [7, 11) is 0. The number of nitrogens with one attached hydrogen (secondary N) is 2. The maximum absolute atomic E-state index is 15.1. The third kappa shape index (κ3) is 4.90. The summed E-state index contributed by atoms with van der Waals surface area (Å²) in [6.07, 6.45) is -1.77. The molecule has 180 valence electrons. The Kier molecular flexibility index (Phi) is 7.13. The zero-order valence-corrected chi connectivity index (χ0v) is 18.7. The Labute approximate surface area is 197 Å². The van der Waals surface area contributed by atoms with Crippen LogP contribution in [0.3, 0.4) is 0 Å². The van der Waals surface area contributed by atoms with E-state index >= 15 is 4.39 Å². The molecule has 1 unspecified atom stereocenters. The van der Waals surface area contributed by atoms with Crippen molar-refractivity contribution >= 4 is 28.9 Å². The van der Waals surface area contributed by atoms with Gasteiger partial charge in [0.25, 0.3) is 5.91 Å². The van der Waals surface area contributed by atoms with Gasteiger partial charge >= 0.3 is 6.09 Å². The quantitative estimate of drug-likeness (QED) is 0.588. The number of ether oxygens (including phenoxy) is 1. The summed E-state index contributed by atoms with van der Waals surface area (Å²) in [6, 6.07) is 10.4. The third-order valence-corrected chi connectivity index (χ3v) is 6.98. The maximum Gasteiger partial charge on any atom is 0.404 e. The van der Waals surface area contributed by atoms with Crippen LogP contribution >= 0.6 is 11.8 Å². The lowest BCUT2D eigenvalue weighted by molar-refractivity contribution is -0.0653. The molecule has 0 radical (unpaired) electrons. The lowest BCUT2D eigenvalue weighted by Crippen LogP contribution is -2.51. The molecule has 1 fully saturated rings. The molecule has 2 aliphatic rings. The number of hydrogen-bond donors (Lipinski definition) is 3. The first-order valence-electron chi connectivity index (χ1n) is 10.5. The molecule has 1 saturated heterocycles. The van der Waals surface area contributed by atoms with E-state index < -0.39 is 42.0 Å². The number of rotatable bonds is 5. The van der Waals surface area contributed by atoms with E-state index in [9.17, 15) is 18.4 Å². The molecule has 2 aromatic rings. The topological polar surface area (TPSA) is 100 Å². The van der Waals surface area contributed by atoms with E-state index in [2.05, 4.69) is 15.6 Å².